The van der Waals surface area contributed by atoms with Crippen LogP contribution in [0.4, 0.5) is 5.69 Å². The number of aliphatic hydroxyl groups is 2. The van der Waals surface area contributed by atoms with Crippen molar-refractivity contribution in [1.29, 1.82) is 0 Å². The van der Waals surface area contributed by atoms with Crippen LogP contribution in [0, 0.1) is 11.3 Å². The van der Waals surface area contributed by atoms with Crippen LogP contribution in [0.2, 0.25) is 0 Å². The van der Waals surface area contributed by atoms with E-state index in [9.17, 15) is 24.6 Å². The molecule has 5 rings (SSSR count). The third-order valence-electron chi connectivity index (χ3n) is 9.78. The molecule has 2 aromatic rings. The van der Waals surface area contributed by atoms with Crippen LogP contribution >= 0.6 is 0 Å². The van der Waals surface area contributed by atoms with Gasteiger partial charge in [0.05, 0.1) is 23.9 Å². The van der Waals surface area contributed by atoms with E-state index < -0.39 is 71.1 Å². The summed E-state index contributed by atoms with van der Waals surface area (Å²) in [6, 6.07) is 15.2. The summed E-state index contributed by atoms with van der Waals surface area (Å²) in [5, 5.41) is 24.3. The molecule has 11 nitrogen and oxygen atoms in total. The molecule has 1 heterocycles. The molecule has 1 aliphatic heterocycles. The molecule has 0 aromatic heterocycles. The Morgan fingerprint density at radius 1 is 0.977 bits per heavy atom. The molecule has 1 saturated heterocycles. The van der Waals surface area contributed by atoms with E-state index in [0.717, 1.165) is 5.56 Å². The van der Waals surface area contributed by atoms with Crippen molar-refractivity contribution < 1.29 is 48.3 Å². The fourth-order valence-corrected chi connectivity index (χ4v) is 7.54. The van der Waals surface area contributed by atoms with E-state index in [1.165, 1.54) is 20.8 Å². The Labute approximate surface area is 256 Å². The molecule has 8 atom stereocenters. The Balaban J connectivity index is 1.69. The summed E-state index contributed by atoms with van der Waals surface area (Å²) in [6.07, 6.45) is -5.07. The van der Waals surface area contributed by atoms with Crippen LogP contribution in [0.1, 0.15) is 63.4 Å². The number of nitrogens with two attached hydrogens (primary N) is 1. The van der Waals surface area contributed by atoms with Crippen molar-refractivity contribution in [2.24, 2.45) is 11.3 Å². The average molecular weight is 612 g/mol. The summed E-state index contributed by atoms with van der Waals surface area (Å²) in [6.45, 7) is 7.29. The van der Waals surface area contributed by atoms with Gasteiger partial charge in [-0.2, -0.15) is 0 Å². The number of carbonyl (C=O) groups is 3. The monoisotopic (exact) mass is 611 g/mol. The largest absolute Gasteiger partial charge is 0.465 e. The van der Waals surface area contributed by atoms with Crippen LogP contribution < -0.4 is 5.73 Å². The second kappa shape index (κ2) is 11.4. The van der Waals surface area contributed by atoms with Gasteiger partial charge in [-0.25, -0.2) is 4.79 Å². The molecule has 0 amide bonds. The van der Waals surface area contributed by atoms with E-state index in [1.54, 1.807) is 42.5 Å². The van der Waals surface area contributed by atoms with Gasteiger partial charge in [0.15, 0.2) is 12.2 Å². The Morgan fingerprint density at radius 2 is 1.64 bits per heavy atom. The molecule has 2 saturated carbocycles. The standard InChI is InChI=1S/C33H41NO10/c1-19(35)41-18-32-25(40-17-21-11-13-24(34)14-12-21)15-23-16-33(32,44-30(23,3)4)31(5,39)27(37)26(28(32)42-20(2)36)43-29(38)22-9-7-6-8-10-22/h6-14,23,25-28,37,39H,15-18,34H2,1-5H3. The summed E-state index contributed by atoms with van der Waals surface area (Å²) in [5.41, 5.74) is 1.23. The van der Waals surface area contributed by atoms with Crippen molar-refractivity contribution >= 4 is 23.6 Å². The van der Waals surface area contributed by atoms with Gasteiger partial charge in [0, 0.05) is 19.5 Å². The van der Waals surface area contributed by atoms with Gasteiger partial charge < -0.3 is 39.6 Å². The predicted octanol–water partition coefficient (Wildman–Crippen LogP) is 2.94. The van der Waals surface area contributed by atoms with E-state index in [2.05, 4.69) is 0 Å². The number of anilines is 1. The third kappa shape index (κ3) is 5.15. The first-order chi connectivity index (χ1) is 20.6. The van der Waals surface area contributed by atoms with Gasteiger partial charge in [0.1, 0.15) is 29.3 Å². The molecule has 8 unspecified atom stereocenters. The van der Waals surface area contributed by atoms with E-state index in [4.69, 9.17) is 29.4 Å². The van der Waals surface area contributed by atoms with Crippen LogP contribution in [0.25, 0.3) is 0 Å². The Kier molecular flexibility index (Phi) is 8.30. The third-order valence-corrected chi connectivity index (χ3v) is 9.78. The van der Waals surface area contributed by atoms with Gasteiger partial charge in [-0.1, -0.05) is 30.3 Å². The molecule has 3 aliphatic rings. The summed E-state index contributed by atoms with van der Waals surface area (Å²) in [4.78, 5) is 38.6. The maximum Gasteiger partial charge on any atom is 0.338 e. The van der Waals surface area contributed by atoms with Gasteiger partial charge in [0.2, 0.25) is 0 Å². The summed E-state index contributed by atoms with van der Waals surface area (Å²) in [7, 11) is 0. The number of aliphatic hydroxyl groups excluding tert-OH is 1. The highest BCUT2D eigenvalue weighted by Gasteiger charge is 2.83. The van der Waals surface area contributed by atoms with Crippen molar-refractivity contribution in [2.75, 3.05) is 12.3 Å². The van der Waals surface area contributed by atoms with Crippen molar-refractivity contribution in [3.8, 4) is 0 Å². The average Bonchev–Trinajstić information content (AvgIpc) is 3.21. The lowest BCUT2D eigenvalue weighted by Gasteiger charge is -2.66. The highest BCUT2D eigenvalue weighted by molar-refractivity contribution is 5.89. The van der Waals surface area contributed by atoms with Crippen LogP contribution in [0.5, 0.6) is 0 Å². The number of fused-ring (bicyclic) bond motifs is 1. The normalized spacial score (nSPS) is 35.3. The van der Waals surface area contributed by atoms with Crippen LogP contribution in [0.15, 0.2) is 54.6 Å². The fraction of sp³-hybridized carbons (Fsp3) is 0.545. The molecule has 11 heteroatoms. The van der Waals surface area contributed by atoms with Gasteiger partial charge in [0.25, 0.3) is 0 Å². The van der Waals surface area contributed by atoms with Crippen LogP contribution in [0.3, 0.4) is 0 Å². The lowest BCUT2D eigenvalue weighted by Crippen LogP contribution is -2.84. The molecule has 2 aliphatic carbocycles. The van der Waals surface area contributed by atoms with Gasteiger partial charge in [-0.15, -0.1) is 0 Å². The highest BCUT2D eigenvalue weighted by Crippen LogP contribution is 2.68. The molecule has 1 spiro atoms. The van der Waals surface area contributed by atoms with Crippen molar-refractivity contribution in [2.45, 2.75) is 95.3 Å². The van der Waals surface area contributed by atoms with Crippen LogP contribution in [-0.4, -0.2) is 75.9 Å². The molecule has 44 heavy (non-hydrogen) atoms. The number of rotatable bonds is 8. The smallest absolute Gasteiger partial charge is 0.338 e. The second-order valence-electron chi connectivity index (χ2n) is 12.9. The van der Waals surface area contributed by atoms with Gasteiger partial charge >= 0.3 is 17.9 Å². The minimum absolute atomic E-state index is 0.0992. The number of ether oxygens (including phenoxy) is 5. The van der Waals surface area contributed by atoms with E-state index in [0.29, 0.717) is 12.1 Å². The SMILES string of the molecule is CC(=O)OCC12C(OCc3ccc(N)cc3)CC3CC1(OC3(C)C)C(C)(O)C(O)C(OC(=O)c1ccccc1)C2OC(C)=O. The van der Waals surface area contributed by atoms with Crippen molar-refractivity contribution in [1.82, 2.24) is 0 Å². The van der Waals surface area contributed by atoms with Crippen molar-refractivity contribution in [3.63, 3.8) is 0 Å². The molecular weight excluding hydrogens is 570 g/mol. The Bertz CT molecular complexity index is 1390. The minimum atomic E-state index is -2.10. The van der Waals surface area contributed by atoms with Crippen molar-refractivity contribution in [3.05, 3.63) is 65.7 Å². The maximum absolute atomic E-state index is 13.4. The van der Waals surface area contributed by atoms with Gasteiger partial charge in [-0.05, 0) is 69.4 Å². The van der Waals surface area contributed by atoms with Crippen LogP contribution in [-0.2, 0) is 39.9 Å². The number of hydrogen-bond acceptors (Lipinski definition) is 11. The zero-order valence-corrected chi connectivity index (χ0v) is 25.6. The highest BCUT2D eigenvalue weighted by atomic mass is 16.6. The first kappa shape index (κ1) is 31.9. The predicted molar refractivity (Wildman–Crippen MR) is 157 cm³/mol. The molecular formula is C33H41NO10. The molecule has 4 N–H and O–H groups in total. The Hall–Kier alpha value is -3.51. The lowest BCUT2D eigenvalue weighted by atomic mass is 9.46. The zero-order chi connectivity index (χ0) is 32.1. The molecule has 2 aromatic carbocycles. The zero-order valence-electron chi connectivity index (χ0n) is 25.6. The number of benzene rings is 2. The van der Waals surface area contributed by atoms with Gasteiger partial charge in [-0.3, -0.25) is 9.59 Å². The quantitative estimate of drug-likeness (QED) is 0.228. The fourth-order valence-electron chi connectivity index (χ4n) is 7.54. The Morgan fingerprint density at radius 3 is 2.25 bits per heavy atom. The minimum Gasteiger partial charge on any atom is -0.465 e. The maximum atomic E-state index is 13.4. The summed E-state index contributed by atoms with van der Waals surface area (Å²) in [5.74, 6) is -2.33. The number of esters is 3. The van der Waals surface area contributed by atoms with E-state index in [1.807, 2.05) is 26.0 Å². The number of nitrogen functional groups attached to an aromatic ring is 1. The number of carbonyl (C=O) groups excluding carboxylic acids is 3. The topological polar surface area (TPSA) is 164 Å². The summed E-state index contributed by atoms with van der Waals surface area (Å²) < 4.78 is 31.0. The first-order valence-corrected chi connectivity index (χ1v) is 14.8. The molecule has 238 valence electrons. The first-order valence-electron chi connectivity index (χ1n) is 14.8. The number of hydrogen-bond donors (Lipinski definition) is 3. The molecule has 0 radical (unpaired) electrons. The van der Waals surface area contributed by atoms with E-state index >= 15 is 0 Å². The second-order valence-corrected chi connectivity index (χ2v) is 12.9. The molecule has 2 bridgehead atoms. The van der Waals surface area contributed by atoms with E-state index in [-0.39, 0.29) is 24.5 Å². The summed E-state index contributed by atoms with van der Waals surface area (Å²) >= 11 is 0. The lowest BCUT2D eigenvalue weighted by molar-refractivity contribution is -0.365. The molecule has 3 fully saturated rings.